The van der Waals surface area contributed by atoms with Gasteiger partial charge in [-0.2, -0.15) is 0 Å². The highest BCUT2D eigenvalue weighted by atomic mass is 16.7. The molecule has 2 amide bonds. The van der Waals surface area contributed by atoms with Crippen molar-refractivity contribution in [2.75, 3.05) is 0 Å². The molecule has 3 aliphatic carbocycles. The Balaban J connectivity index is 0.000000200. The maximum absolute atomic E-state index is 12.4. The molecule has 4 fully saturated rings. The minimum atomic E-state index is -1.24. The Bertz CT molecular complexity index is 1620. The van der Waals surface area contributed by atoms with Crippen LogP contribution in [0.4, 0.5) is 0 Å². The highest BCUT2D eigenvalue weighted by Gasteiger charge is 2.68. The van der Waals surface area contributed by atoms with Gasteiger partial charge in [0, 0.05) is 13.8 Å². The van der Waals surface area contributed by atoms with Crippen LogP contribution in [0, 0.1) is 17.3 Å². The summed E-state index contributed by atoms with van der Waals surface area (Å²) in [7, 11) is -1.80. The van der Waals surface area contributed by atoms with Crippen molar-refractivity contribution in [3.05, 3.63) is 58.7 Å². The topological polar surface area (TPSA) is 179 Å². The molecular weight excluding hydrogens is 622 g/mol. The molecule has 8 rings (SSSR count). The zero-order chi connectivity index (χ0) is 34.6. The predicted octanol–water partition coefficient (Wildman–Crippen LogP) is 2.35. The number of aromatic carboxylic acids is 1. The molecule has 3 aliphatic heterocycles. The number of carboxylic acid groups (broad SMARTS) is 1. The number of amides is 2. The van der Waals surface area contributed by atoms with E-state index >= 15 is 0 Å². The number of nitrogens with one attached hydrogen (secondary N) is 2. The van der Waals surface area contributed by atoms with Gasteiger partial charge in [0.15, 0.2) is 0 Å². The lowest BCUT2D eigenvalue weighted by Crippen LogP contribution is -2.65. The maximum Gasteiger partial charge on any atom is 0.547 e. The highest BCUT2D eigenvalue weighted by Crippen LogP contribution is 2.65. The Labute approximate surface area is 279 Å². The molecule has 1 saturated heterocycles. The average Bonchev–Trinajstić information content (AvgIpc) is 3.38. The molecule has 15 heteroatoms. The number of carboxylic acids is 1. The second kappa shape index (κ2) is 12.4. The first kappa shape index (κ1) is 33.8. The molecule has 2 aromatic carbocycles. The van der Waals surface area contributed by atoms with Crippen LogP contribution in [-0.2, 0) is 36.5 Å². The number of fused-ring (bicyclic) bond motifs is 2. The van der Waals surface area contributed by atoms with E-state index in [1.165, 1.54) is 12.5 Å². The van der Waals surface area contributed by atoms with E-state index in [0.717, 1.165) is 12.0 Å². The van der Waals surface area contributed by atoms with Crippen LogP contribution in [0.3, 0.4) is 0 Å². The monoisotopic (exact) mass is 662 g/mol. The molecule has 1 unspecified atom stereocenters. The van der Waals surface area contributed by atoms with Crippen LogP contribution < -0.4 is 20.0 Å². The highest BCUT2D eigenvalue weighted by molar-refractivity contribution is 6.48. The molecule has 0 spiro atoms. The van der Waals surface area contributed by atoms with Gasteiger partial charge in [-0.25, -0.2) is 9.59 Å². The fourth-order valence-corrected chi connectivity index (χ4v) is 8.02. The second-order valence-corrected chi connectivity index (χ2v) is 14.3. The van der Waals surface area contributed by atoms with Crippen molar-refractivity contribution < 1.29 is 52.7 Å². The van der Waals surface area contributed by atoms with Crippen molar-refractivity contribution in [1.82, 2.24) is 10.6 Å². The van der Waals surface area contributed by atoms with Crippen LogP contribution >= 0.6 is 0 Å². The number of esters is 1. The molecule has 0 radical (unpaired) electrons. The van der Waals surface area contributed by atoms with E-state index in [9.17, 15) is 24.2 Å². The zero-order valence-electron chi connectivity index (χ0n) is 27.6. The Morgan fingerprint density at radius 3 is 2.48 bits per heavy atom. The number of rotatable bonds is 8. The fourth-order valence-electron chi connectivity index (χ4n) is 8.02. The lowest BCUT2D eigenvalue weighted by molar-refractivity contribution is -0.199. The van der Waals surface area contributed by atoms with Gasteiger partial charge < -0.3 is 44.2 Å². The van der Waals surface area contributed by atoms with Gasteiger partial charge in [0.05, 0.1) is 29.2 Å². The lowest BCUT2D eigenvalue weighted by Gasteiger charge is -2.64. The number of hydrogen-bond donors (Lipinski definition) is 4. The number of hydrogen-bond acceptors (Lipinski definition) is 10. The van der Waals surface area contributed by atoms with Crippen molar-refractivity contribution in [1.29, 1.82) is 0 Å². The number of carbonyl (C=O) groups is 4. The van der Waals surface area contributed by atoms with Crippen LogP contribution in [0.1, 0.15) is 79.3 Å². The van der Waals surface area contributed by atoms with E-state index in [0.29, 0.717) is 54.4 Å². The van der Waals surface area contributed by atoms with Crippen molar-refractivity contribution in [2.45, 2.75) is 89.7 Å². The number of carbonyl (C=O) groups excluding carboxylic acids is 3. The Morgan fingerprint density at radius 1 is 1.04 bits per heavy atom. The van der Waals surface area contributed by atoms with Crippen molar-refractivity contribution >= 4 is 39.0 Å². The molecule has 0 aromatic heterocycles. The minimum absolute atomic E-state index is 0.00565. The molecule has 254 valence electrons. The van der Waals surface area contributed by atoms with Crippen molar-refractivity contribution in [2.24, 2.45) is 17.3 Å². The van der Waals surface area contributed by atoms with Gasteiger partial charge in [-0.1, -0.05) is 38.1 Å². The van der Waals surface area contributed by atoms with E-state index < -0.39 is 43.8 Å². The van der Waals surface area contributed by atoms with Crippen LogP contribution in [-0.4, -0.2) is 78.5 Å². The van der Waals surface area contributed by atoms with Crippen molar-refractivity contribution in [3.8, 4) is 11.5 Å². The molecular formula is C33H40B2N2O11. The molecule has 6 aliphatic rings. The molecule has 2 bridgehead atoms. The van der Waals surface area contributed by atoms with E-state index in [1.54, 1.807) is 38.1 Å². The first-order valence-electron chi connectivity index (χ1n) is 16.1. The summed E-state index contributed by atoms with van der Waals surface area (Å²) in [4.78, 5) is 45.1. The van der Waals surface area contributed by atoms with Crippen LogP contribution in [0.15, 0.2) is 36.4 Å². The molecule has 3 heterocycles. The summed E-state index contributed by atoms with van der Waals surface area (Å²) in [5.74, 6) is -1.81. The summed E-state index contributed by atoms with van der Waals surface area (Å²) in [5, 5.41) is 23.9. The molecule has 6 atom stereocenters. The third kappa shape index (κ3) is 5.92. The molecule has 48 heavy (non-hydrogen) atoms. The Kier molecular flexibility index (Phi) is 8.76. The van der Waals surface area contributed by atoms with E-state index in [2.05, 4.69) is 31.4 Å². The molecule has 13 nitrogen and oxygen atoms in total. The maximum atomic E-state index is 12.4. The third-order valence-corrected chi connectivity index (χ3v) is 10.7. The van der Waals surface area contributed by atoms with Gasteiger partial charge >= 0.3 is 26.2 Å². The summed E-state index contributed by atoms with van der Waals surface area (Å²) in [6.07, 6.45) is 4.07. The summed E-state index contributed by atoms with van der Waals surface area (Å²) in [6.45, 7) is 10.2. The van der Waals surface area contributed by atoms with Gasteiger partial charge in [-0.05, 0) is 73.1 Å². The van der Waals surface area contributed by atoms with Gasteiger partial charge in [0.1, 0.15) is 17.1 Å². The van der Waals surface area contributed by atoms with Gasteiger partial charge in [0.25, 0.3) is 0 Å². The predicted molar refractivity (Wildman–Crippen MR) is 172 cm³/mol. The Morgan fingerprint density at radius 2 is 1.79 bits per heavy atom. The molecule has 4 N–H and O–H groups in total. The van der Waals surface area contributed by atoms with Crippen LogP contribution in [0.25, 0.3) is 0 Å². The smallest absolute Gasteiger partial charge is 0.534 e. The number of ether oxygens (including phenoxy) is 2. The normalized spacial score (nSPS) is 29.0. The van der Waals surface area contributed by atoms with E-state index in [4.69, 9.17) is 28.5 Å². The first-order valence-corrected chi connectivity index (χ1v) is 16.1. The van der Waals surface area contributed by atoms with Crippen LogP contribution in [0.5, 0.6) is 11.5 Å². The van der Waals surface area contributed by atoms with Gasteiger partial charge in [0.2, 0.25) is 18.6 Å². The SMILES string of the molecule is CC1(C)OC(=O)c2cccc(C[C@H](NC=O)B3OC4C[C@@H]5C[C@@H](C5(C)C)[C@]4(C)O3)c2O1.O=CN[C@H]1Cc2cccc(C(=O)O)c2OB1O. The van der Waals surface area contributed by atoms with Gasteiger partial charge in [-0.3, -0.25) is 9.59 Å². The zero-order valence-corrected chi connectivity index (χ0v) is 27.6. The van der Waals surface area contributed by atoms with Crippen molar-refractivity contribution in [3.63, 3.8) is 0 Å². The summed E-state index contributed by atoms with van der Waals surface area (Å²) in [6, 6.07) is 10.1. The fraction of sp³-hybridized carbons (Fsp3) is 0.515. The third-order valence-electron chi connectivity index (χ3n) is 10.7. The number of benzene rings is 2. The van der Waals surface area contributed by atoms with E-state index in [1.807, 2.05) is 6.07 Å². The summed E-state index contributed by atoms with van der Waals surface area (Å²) >= 11 is 0. The van der Waals surface area contributed by atoms with Crippen LogP contribution in [0.2, 0.25) is 0 Å². The Hall–Kier alpha value is -4.07. The number of para-hydroxylation sites is 2. The number of cyclic esters (lactones) is 1. The minimum Gasteiger partial charge on any atom is -0.534 e. The standard InChI is InChI=1S/C23H30BNO6.C10H10BNO5/c1-21(2)14-10-16(21)23(5)17(11-14)30-24(31-23)18(25-12-26)9-13-7-6-8-15-19(13)28-22(3,4)29-20(15)27;13-5-12-8-4-6-2-1-3-7(10(14)15)9(6)17-11(8)16/h6-8,12,14,16-18H,9-11H2,1-5H3,(H,25,26);1-3,5,8,16H,4H2,(H,12,13)(H,14,15)/t14-,16-,17?,18-,23-;8-/m00/s1. The largest absolute Gasteiger partial charge is 0.547 e. The lowest BCUT2D eigenvalue weighted by atomic mass is 9.43. The molecule has 2 aromatic rings. The second-order valence-electron chi connectivity index (χ2n) is 14.3. The summed E-state index contributed by atoms with van der Waals surface area (Å²) < 4.78 is 29.4. The molecule has 3 saturated carbocycles. The quantitative estimate of drug-likeness (QED) is 0.185. The average molecular weight is 662 g/mol. The van der Waals surface area contributed by atoms with E-state index in [-0.39, 0.29) is 28.4 Å². The first-order chi connectivity index (χ1) is 22.7. The summed E-state index contributed by atoms with van der Waals surface area (Å²) in [5.41, 5.74) is 1.73. The van der Waals surface area contributed by atoms with Gasteiger partial charge in [-0.15, -0.1) is 0 Å².